The first-order chi connectivity index (χ1) is 14.2. The van der Waals surface area contributed by atoms with Crippen LogP contribution in [-0.2, 0) is 24.1 Å². The van der Waals surface area contributed by atoms with Crippen molar-refractivity contribution in [1.29, 1.82) is 0 Å². The van der Waals surface area contributed by atoms with Crippen molar-refractivity contribution in [2.24, 2.45) is 0 Å². The number of benzene rings is 2. The highest BCUT2D eigenvalue weighted by atomic mass is 32.2. The van der Waals surface area contributed by atoms with E-state index in [4.69, 9.17) is 9.47 Å². The van der Waals surface area contributed by atoms with Crippen LogP contribution in [0.15, 0.2) is 65.1 Å². The minimum atomic E-state index is -4.02. The lowest BCUT2D eigenvalue weighted by Gasteiger charge is -2.16. The van der Waals surface area contributed by atoms with Crippen LogP contribution >= 0.6 is 0 Å². The molecule has 0 aromatic heterocycles. The maximum absolute atomic E-state index is 13.0. The van der Waals surface area contributed by atoms with Crippen molar-refractivity contribution < 1.29 is 37.1 Å². The van der Waals surface area contributed by atoms with Crippen molar-refractivity contribution in [1.82, 2.24) is 5.06 Å². The number of carbonyl (C=O) groups is 2. The van der Waals surface area contributed by atoms with Crippen molar-refractivity contribution in [2.75, 3.05) is 5.88 Å². The number of carbonyl (C=O) groups excluding carboxylic acids is 2. The van der Waals surface area contributed by atoms with Gasteiger partial charge in [-0.3, -0.25) is 10.0 Å². The molecule has 8 nitrogen and oxygen atoms in total. The summed E-state index contributed by atoms with van der Waals surface area (Å²) in [7, 11) is -4.02. The van der Waals surface area contributed by atoms with Crippen LogP contribution in [0, 0.1) is 5.82 Å². The molecule has 2 unspecified atom stereocenters. The zero-order valence-corrected chi connectivity index (χ0v) is 16.2. The Morgan fingerprint density at radius 3 is 2.27 bits per heavy atom. The van der Waals surface area contributed by atoms with Crippen LogP contribution in [0.5, 0.6) is 0 Å². The Morgan fingerprint density at radius 2 is 1.67 bits per heavy atom. The Kier molecular flexibility index (Phi) is 5.04. The average molecular weight is 433 g/mol. The Morgan fingerprint density at radius 1 is 1.07 bits per heavy atom. The van der Waals surface area contributed by atoms with Crippen LogP contribution in [0.4, 0.5) is 9.18 Å². The molecule has 4 rings (SSSR count). The van der Waals surface area contributed by atoms with E-state index in [0.29, 0.717) is 11.1 Å². The Bertz CT molecular complexity index is 1130. The average Bonchev–Trinajstić information content (AvgIpc) is 3.25. The molecule has 0 saturated carbocycles. The molecule has 30 heavy (non-hydrogen) atoms. The monoisotopic (exact) mass is 433 g/mol. The van der Waals surface area contributed by atoms with Gasteiger partial charge in [0.1, 0.15) is 5.82 Å². The maximum atomic E-state index is 13.0. The Labute approximate surface area is 171 Å². The quantitative estimate of drug-likeness (QED) is 0.438. The highest BCUT2D eigenvalue weighted by molar-refractivity contribution is 7.91. The summed E-state index contributed by atoms with van der Waals surface area (Å²) in [6.07, 6.45) is -0.842. The van der Waals surface area contributed by atoms with Gasteiger partial charge >= 0.3 is 6.16 Å². The van der Waals surface area contributed by atoms with E-state index in [9.17, 15) is 27.6 Å². The summed E-state index contributed by atoms with van der Waals surface area (Å²) in [5.74, 6) is -2.23. The number of hydrogen-bond donors (Lipinski definition) is 1. The summed E-state index contributed by atoms with van der Waals surface area (Å²) in [6.45, 7) is 0. The van der Waals surface area contributed by atoms with Gasteiger partial charge in [0.05, 0.1) is 4.90 Å². The van der Waals surface area contributed by atoms with E-state index in [-0.39, 0.29) is 27.8 Å². The molecule has 10 heteroatoms. The summed E-state index contributed by atoms with van der Waals surface area (Å²) in [4.78, 5) is 23.3. The second-order valence-corrected chi connectivity index (χ2v) is 8.82. The van der Waals surface area contributed by atoms with Gasteiger partial charge in [0.25, 0.3) is 5.91 Å². The van der Waals surface area contributed by atoms with Crippen molar-refractivity contribution in [3.05, 3.63) is 66.0 Å². The van der Waals surface area contributed by atoms with E-state index < -0.39 is 40.0 Å². The summed E-state index contributed by atoms with van der Waals surface area (Å²) in [5, 5.41) is 10.1. The van der Waals surface area contributed by atoms with E-state index in [2.05, 4.69) is 0 Å². The molecule has 156 valence electrons. The predicted molar refractivity (Wildman–Crippen MR) is 100 cm³/mol. The third-order valence-corrected chi connectivity index (χ3v) is 6.40. The molecule has 0 bridgehead atoms. The fraction of sp³-hybridized carbons (Fsp3) is 0.200. The van der Waals surface area contributed by atoms with Crippen LogP contribution in [0.1, 0.15) is 6.42 Å². The molecule has 1 aliphatic carbocycles. The smallest absolute Gasteiger partial charge is 0.426 e. The number of amides is 1. The SMILES string of the molecule is O=C1OC2C=C(C(=O)N(O)CS(=O)(=O)c3ccc(-c4ccc(F)cc4)cc3)CC2O1. The van der Waals surface area contributed by atoms with Crippen LogP contribution in [0.25, 0.3) is 11.1 Å². The van der Waals surface area contributed by atoms with Crippen molar-refractivity contribution in [3.8, 4) is 11.1 Å². The number of hydroxylamine groups is 2. The lowest BCUT2D eigenvalue weighted by Crippen LogP contribution is -2.33. The summed E-state index contributed by atoms with van der Waals surface area (Å²) < 4.78 is 47.9. The van der Waals surface area contributed by atoms with Crippen LogP contribution in [0.3, 0.4) is 0 Å². The number of rotatable bonds is 5. The topological polar surface area (TPSA) is 110 Å². The van der Waals surface area contributed by atoms with Gasteiger partial charge in [-0.15, -0.1) is 0 Å². The van der Waals surface area contributed by atoms with Gasteiger partial charge in [-0.1, -0.05) is 24.3 Å². The molecule has 1 fully saturated rings. The first kappa shape index (κ1) is 20.0. The third kappa shape index (κ3) is 3.91. The predicted octanol–water partition coefficient (Wildman–Crippen LogP) is 2.68. The molecule has 2 aromatic carbocycles. The largest absolute Gasteiger partial charge is 0.509 e. The van der Waals surface area contributed by atoms with Gasteiger partial charge in [-0.05, 0) is 41.5 Å². The molecular formula is C20H16FNO7S. The Balaban J connectivity index is 1.44. The van der Waals surface area contributed by atoms with E-state index in [1.807, 2.05) is 0 Å². The Hall–Kier alpha value is -3.24. The molecule has 1 aliphatic heterocycles. The normalized spacial score (nSPS) is 20.2. The molecular weight excluding hydrogens is 417 g/mol. The van der Waals surface area contributed by atoms with Crippen molar-refractivity contribution >= 4 is 21.9 Å². The van der Waals surface area contributed by atoms with E-state index >= 15 is 0 Å². The third-order valence-electron chi connectivity index (χ3n) is 4.83. The number of hydrogen-bond acceptors (Lipinski definition) is 7. The molecule has 0 spiro atoms. The van der Waals surface area contributed by atoms with Gasteiger partial charge in [-0.25, -0.2) is 22.7 Å². The highest BCUT2D eigenvalue weighted by Crippen LogP contribution is 2.31. The molecule has 1 heterocycles. The fourth-order valence-electron chi connectivity index (χ4n) is 3.30. The van der Waals surface area contributed by atoms with Crippen LogP contribution in [-0.4, -0.2) is 48.8 Å². The van der Waals surface area contributed by atoms with Gasteiger partial charge in [0.2, 0.25) is 0 Å². The number of fused-ring (bicyclic) bond motifs is 1. The highest BCUT2D eigenvalue weighted by Gasteiger charge is 2.42. The van der Waals surface area contributed by atoms with Crippen molar-refractivity contribution in [3.63, 3.8) is 0 Å². The van der Waals surface area contributed by atoms with Gasteiger partial charge in [-0.2, -0.15) is 0 Å². The second-order valence-electron chi connectivity index (χ2n) is 6.86. The molecule has 2 aromatic rings. The van der Waals surface area contributed by atoms with Gasteiger partial charge in [0, 0.05) is 12.0 Å². The van der Waals surface area contributed by atoms with Gasteiger partial charge < -0.3 is 9.47 Å². The standard InChI is InChI=1S/C20H16FNO7S/c21-15-5-1-12(2-6-15)13-3-7-16(8-4-13)30(26,27)11-22(25)19(23)14-9-17-18(10-14)29-20(24)28-17/h1-9,17-18,25H,10-11H2. The number of sulfone groups is 1. The molecule has 1 amide bonds. The first-order valence-corrected chi connectivity index (χ1v) is 10.6. The van der Waals surface area contributed by atoms with Crippen LogP contribution in [0.2, 0.25) is 0 Å². The van der Waals surface area contributed by atoms with Gasteiger partial charge in [0.15, 0.2) is 27.9 Å². The minimum Gasteiger partial charge on any atom is -0.426 e. The van der Waals surface area contributed by atoms with E-state index in [1.165, 1.54) is 30.3 Å². The molecule has 1 saturated heterocycles. The van der Waals surface area contributed by atoms with Crippen molar-refractivity contribution in [2.45, 2.75) is 23.5 Å². The van der Waals surface area contributed by atoms with Crippen LogP contribution < -0.4 is 0 Å². The molecule has 0 radical (unpaired) electrons. The zero-order chi connectivity index (χ0) is 21.5. The molecule has 2 atom stereocenters. The second kappa shape index (κ2) is 7.54. The lowest BCUT2D eigenvalue weighted by molar-refractivity contribution is -0.156. The fourth-order valence-corrected chi connectivity index (χ4v) is 4.44. The number of nitrogens with zero attached hydrogens (tertiary/aromatic N) is 1. The molecule has 1 N–H and O–H groups in total. The summed E-state index contributed by atoms with van der Waals surface area (Å²) >= 11 is 0. The first-order valence-electron chi connectivity index (χ1n) is 8.90. The molecule has 2 aliphatic rings. The minimum absolute atomic E-state index is 0.0265. The van der Waals surface area contributed by atoms with E-state index in [0.717, 1.165) is 0 Å². The van der Waals surface area contributed by atoms with E-state index in [1.54, 1.807) is 24.3 Å². The zero-order valence-electron chi connectivity index (χ0n) is 15.4. The lowest BCUT2D eigenvalue weighted by atomic mass is 10.1. The summed E-state index contributed by atoms with van der Waals surface area (Å²) in [5.41, 5.74) is 1.49. The number of halogens is 1. The maximum Gasteiger partial charge on any atom is 0.509 e. The number of ether oxygens (including phenoxy) is 2. The summed E-state index contributed by atoms with van der Waals surface area (Å²) in [6, 6.07) is 11.5.